The number of nitrogens with zero attached hydrogens (tertiary/aromatic N) is 1. The summed E-state index contributed by atoms with van der Waals surface area (Å²) in [7, 11) is -4.40. The molecule has 4 aromatic rings. The molecule has 0 aliphatic carbocycles. The van der Waals surface area contributed by atoms with Crippen LogP contribution in [0.1, 0.15) is 35.3 Å². The number of carbonyl (C=O) groups excluding carboxylic acids is 1. The minimum Gasteiger partial charge on any atom is -0.493 e. The fraction of sp³-hybridized carbons (Fsp3) is 0.167. The van der Waals surface area contributed by atoms with Gasteiger partial charge in [0.15, 0.2) is 0 Å². The van der Waals surface area contributed by atoms with Crippen molar-refractivity contribution in [3.63, 3.8) is 0 Å². The Kier molecular flexibility index (Phi) is 9.57. The molecule has 0 bridgehead atoms. The maximum absolute atomic E-state index is 15.0. The van der Waals surface area contributed by atoms with Crippen LogP contribution in [0.5, 0.6) is 5.75 Å². The molecule has 41 heavy (non-hydrogen) atoms. The van der Waals surface area contributed by atoms with Crippen LogP contribution in [0.25, 0.3) is 0 Å². The van der Waals surface area contributed by atoms with Crippen molar-refractivity contribution < 1.29 is 31.1 Å². The van der Waals surface area contributed by atoms with E-state index in [4.69, 9.17) is 16.3 Å². The molecule has 11 heteroatoms. The first-order chi connectivity index (χ1) is 19.6. The molecule has 0 aromatic heterocycles. The van der Waals surface area contributed by atoms with E-state index in [1.165, 1.54) is 48.5 Å². The summed E-state index contributed by atoms with van der Waals surface area (Å²) in [5.74, 6) is -2.21. The van der Waals surface area contributed by atoms with Crippen molar-refractivity contribution in [2.45, 2.75) is 24.3 Å². The van der Waals surface area contributed by atoms with Gasteiger partial charge in [0.25, 0.3) is 15.9 Å². The van der Waals surface area contributed by atoms with Gasteiger partial charge >= 0.3 is 0 Å². The normalized spacial score (nSPS) is 12.0. The lowest BCUT2D eigenvalue weighted by Crippen LogP contribution is -2.34. The van der Waals surface area contributed by atoms with Gasteiger partial charge in [0, 0.05) is 28.8 Å². The van der Waals surface area contributed by atoms with Gasteiger partial charge in [-0.25, -0.2) is 21.6 Å². The number of rotatable bonds is 11. The fourth-order valence-corrected chi connectivity index (χ4v) is 5.93. The number of carbonyl (C=O) groups is 1. The molecule has 0 saturated carbocycles. The van der Waals surface area contributed by atoms with E-state index in [1.54, 1.807) is 31.2 Å². The molecule has 0 fully saturated rings. The monoisotopic (exact) mass is 602 g/mol. The first-order valence-electron chi connectivity index (χ1n) is 12.6. The van der Waals surface area contributed by atoms with Gasteiger partial charge < -0.3 is 10.1 Å². The molecule has 6 nitrogen and oxygen atoms in total. The summed E-state index contributed by atoms with van der Waals surface area (Å²) in [6.45, 7) is 1.97. The highest BCUT2D eigenvalue weighted by atomic mass is 35.5. The molecule has 0 saturated heterocycles. The maximum atomic E-state index is 15.0. The molecule has 0 heterocycles. The van der Waals surface area contributed by atoms with Crippen molar-refractivity contribution in [1.82, 2.24) is 5.32 Å². The second-order valence-corrected chi connectivity index (χ2v) is 11.3. The van der Waals surface area contributed by atoms with Crippen molar-refractivity contribution in [2.75, 3.05) is 17.5 Å². The molecule has 4 rings (SSSR count). The third-order valence-electron chi connectivity index (χ3n) is 6.21. The summed E-state index contributed by atoms with van der Waals surface area (Å²) >= 11 is 5.94. The second-order valence-electron chi connectivity index (χ2n) is 9.03. The number of sulfonamides is 1. The van der Waals surface area contributed by atoms with Crippen LogP contribution in [-0.4, -0.2) is 27.5 Å². The SMILES string of the molecule is CC(c1ccccc1OCCCNC(=O)c1ccc(F)cc1)N(c1cc(F)ccc1F)S(=O)(=O)c1ccc(Cl)cc1. The summed E-state index contributed by atoms with van der Waals surface area (Å²) < 4.78 is 76.7. The van der Waals surface area contributed by atoms with E-state index in [-0.39, 0.29) is 24.0 Å². The number of hydrogen-bond donors (Lipinski definition) is 1. The Bertz CT molecular complexity index is 1620. The molecule has 1 amide bonds. The van der Waals surface area contributed by atoms with Gasteiger partial charge in [0.1, 0.15) is 23.2 Å². The van der Waals surface area contributed by atoms with Crippen LogP contribution >= 0.6 is 11.6 Å². The molecule has 0 aliphatic rings. The van der Waals surface area contributed by atoms with E-state index in [0.717, 1.165) is 22.5 Å². The average molecular weight is 603 g/mol. The Morgan fingerprint density at radius 1 is 0.927 bits per heavy atom. The summed E-state index contributed by atoms with van der Waals surface area (Å²) in [4.78, 5) is 12.1. The number of nitrogens with one attached hydrogen (secondary N) is 1. The molecule has 214 valence electrons. The number of anilines is 1. The van der Waals surface area contributed by atoms with E-state index in [2.05, 4.69) is 5.32 Å². The minimum absolute atomic E-state index is 0.158. The highest BCUT2D eigenvalue weighted by Crippen LogP contribution is 2.38. The van der Waals surface area contributed by atoms with E-state index in [1.807, 2.05) is 0 Å². The molecule has 0 radical (unpaired) electrons. The smallest absolute Gasteiger partial charge is 0.264 e. The van der Waals surface area contributed by atoms with Gasteiger partial charge in [0.05, 0.1) is 23.2 Å². The van der Waals surface area contributed by atoms with E-state index in [9.17, 15) is 22.0 Å². The topological polar surface area (TPSA) is 75.7 Å². The predicted octanol–water partition coefficient (Wildman–Crippen LogP) is 6.91. The molecule has 0 aliphatic heterocycles. The molecular weight excluding hydrogens is 577 g/mol. The van der Waals surface area contributed by atoms with Crippen LogP contribution < -0.4 is 14.4 Å². The first-order valence-corrected chi connectivity index (χ1v) is 14.4. The van der Waals surface area contributed by atoms with Crippen molar-refractivity contribution in [3.05, 3.63) is 125 Å². The largest absolute Gasteiger partial charge is 0.493 e. The quantitative estimate of drug-likeness (QED) is 0.189. The average Bonchev–Trinajstić information content (AvgIpc) is 2.95. The number of hydrogen-bond acceptors (Lipinski definition) is 4. The van der Waals surface area contributed by atoms with Gasteiger partial charge in [-0.1, -0.05) is 29.8 Å². The Morgan fingerprint density at radius 2 is 1.59 bits per heavy atom. The van der Waals surface area contributed by atoms with Crippen molar-refractivity contribution in [3.8, 4) is 5.75 Å². The molecule has 1 N–H and O–H groups in total. The predicted molar refractivity (Wildman–Crippen MR) is 151 cm³/mol. The summed E-state index contributed by atoms with van der Waals surface area (Å²) in [6, 6.07) is 18.7. The lowest BCUT2D eigenvalue weighted by Gasteiger charge is -2.32. The van der Waals surface area contributed by atoms with Gasteiger partial charge in [0.2, 0.25) is 0 Å². The van der Waals surface area contributed by atoms with Crippen LogP contribution in [0.4, 0.5) is 18.9 Å². The zero-order chi connectivity index (χ0) is 29.6. The molecule has 1 atom stereocenters. The summed E-state index contributed by atoms with van der Waals surface area (Å²) in [5.41, 5.74) is 0.257. The summed E-state index contributed by atoms with van der Waals surface area (Å²) in [6.07, 6.45) is 0.404. The molecular formula is C30H26ClF3N2O4S. The Balaban J connectivity index is 1.55. The number of para-hydroxylation sites is 1. The Morgan fingerprint density at radius 3 is 2.29 bits per heavy atom. The standard InChI is InChI=1S/C30H26ClF3N2O4S/c1-20(36(28-19-24(33)13-16-27(28)34)41(38,39)25-14-9-22(31)10-15-25)26-5-2-3-6-29(26)40-18-4-17-35-30(37)21-7-11-23(32)12-8-21/h2-3,5-16,19-20H,4,17-18H2,1H3,(H,35,37). The van der Waals surface area contributed by atoms with Crippen molar-refractivity contribution in [1.29, 1.82) is 0 Å². The van der Waals surface area contributed by atoms with Crippen molar-refractivity contribution in [2.24, 2.45) is 0 Å². The Labute approximate surface area is 241 Å². The van der Waals surface area contributed by atoms with Crippen LogP contribution in [0.2, 0.25) is 5.02 Å². The van der Waals surface area contributed by atoms with Crippen molar-refractivity contribution >= 4 is 33.2 Å². The molecule has 1 unspecified atom stereocenters. The summed E-state index contributed by atoms with van der Waals surface area (Å²) in [5, 5.41) is 3.03. The van der Waals surface area contributed by atoms with E-state index < -0.39 is 39.2 Å². The number of benzene rings is 4. The first kappa shape index (κ1) is 30.0. The van der Waals surface area contributed by atoms with Gasteiger partial charge in [-0.3, -0.25) is 9.10 Å². The highest BCUT2D eigenvalue weighted by molar-refractivity contribution is 7.92. The lowest BCUT2D eigenvalue weighted by molar-refractivity contribution is 0.0951. The molecule has 4 aromatic carbocycles. The second kappa shape index (κ2) is 13.1. The van der Waals surface area contributed by atoms with Crippen LogP contribution in [0, 0.1) is 17.5 Å². The highest BCUT2D eigenvalue weighted by Gasteiger charge is 2.34. The molecule has 0 spiro atoms. The fourth-order valence-electron chi connectivity index (χ4n) is 4.16. The van der Waals surface area contributed by atoms with Crippen LogP contribution in [-0.2, 0) is 10.0 Å². The number of halogens is 4. The van der Waals surface area contributed by atoms with Gasteiger partial charge in [-0.15, -0.1) is 0 Å². The van der Waals surface area contributed by atoms with Crippen LogP contribution in [0.3, 0.4) is 0 Å². The zero-order valence-corrected chi connectivity index (χ0v) is 23.4. The lowest BCUT2D eigenvalue weighted by atomic mass is 10.1. The zero-order valence-electron chi connectivity index (χ0n) is 21.9. The van der Waals surface area contributed by atoms with E-state index in [0.29, 0.717) is 28.3 Å². The van der Waals surface area contributed by atoms with Crippen LogP contribution in [0.15, 0.2) is 95.9 Å². The van der Waals surface area contributed by atoms with Gasteiger partial charge in [-0.05, 0) is 80.1 Å². The Hall–Kier alpha value is -4.02. The maximum Gasteiger partial charge on any atom is 0.264 e. The number of ether oxygens (including phenoxy) is 1. The number of amides is 1. The minimum atomic E-state index is -4.40. The van der Waals surface area contributed by atoms with E-state index >= 15 is 4.39 Å². The third-order valence-corrected chi connectivity index (χ3v) is 8.36. The third kappa shape index (κ3) is 7.20. The van der Waals surface area contributed by atoms with Gasteiger partial charge in [-0.2, -0.15) is 0 Å².